The van der Waals surface area contributed by atoms with Crippen molar-refractivity contribution in [2.45, 2.75) is 89.2 Å². The molecule has 1 saturated carbocycles. The molecule has 0 bridgehead atoms. The van der Waals surface area contributed by atoms with Gasteiger partial charge >= 0.3 is 6.09 Å². The molecule has 1 saturated heterocycles. The molecule has 1 heterocycles. The lowest BCUT2D eigenvalue weighted by molar-refractivity contribution is -0.130. The van der Waals surface area contributed by atoms with Crippen LogP contribution >= 0.6 is 11.9 Å². The maximum Gasteiger partial charge on any atom is 0.411 e. The Kier molecular flexibility index (Phi) is 10.9. The maximum absolute atomic E-state index is 13.0. The molecule has 38 heavy (non-hydrogen) atoms. The number of carbonyl (C=O) groups is 3. The van der Waals surface area contributed by atoms with E-state index in [1.165, 1.54) is 41.7 Å². The maximum atomic E-state index is 13.0. The van der Waals surface area contributed by atoms with Crippen molar-refractivity contribution in [3.05, 3.63) is 29.8 Å². The molecule has 2 unspecified atom stereocenters. The lowest BCUT2D eigenvalue weighted by Gasteiger charge is -2.30. The highest BCUT2D eigenvalue weighted by atomic mass is 32.2. The van der Waals surface area contributed by atoms with Crippen LogP contribution < -0.4 is 14.8 Å². The Bertz CT molecular complexity index is 992. The molecule has 2 fully saturated rings. The number of hydrogen-bond acceptors (Lipinski definition) is 7. The van der Waals surface area contributed by atoms with E-state index < -0.39 is 40.5 Å². The third-order valence-corrected chi connectivity index (χ3v) is 9.20. The van der Waals surface area contributed by atoms with Gasteiger partial charge in [-0.05, 0) is 82.5 Å². The molecule has 1 aliphatic heterocycles. The van der Waals surface area contributed by atoms with Crippen molar-refractivity contribution in [2.24, 2.45) is 5.92 Å². The van der Waals surface area contributed by atoms with Crippen LogP contribution in [0, 0.1) is 5.92 Å². The topological polar surface area (TPSA) is 114 Å². The van der Waals surface area contributed by atoms with E-state index in [9.17, 15) is 18.6 Å². The second kappa shape index (κ2) is 13.7. The Labute approximate surface area is 232 Å². The van der Waals surface area contributed by atoms with Crippen molar-refractivity contribution in [3.8, 4) is 5.75 Å². The SMILES string of the molecule is COc1ccc(CC(SNC(=O)[C@@H](C)NC(=O)[C@@H]2CS(=O)CN2C(=O)OC(C)(C)C)C2CCCCC2)cc1. The molecule has 0 spiro atoms. The zero-order chi connectivity index (χ0) is 27.9. The van der Waals surface area contributed by atoms with Crippen molar-refractivity contribution < 1.29 is 28.1 Å². The summed E-state index contributed by atoms with van der Waals surface area (Å²) in [5.41, 5.74) is 0.439. The molecule has 4 atom stereocenters. The van der Waals surface area contributed by atoms with Crippen LogP contribution in [0.4, 0.5) is 4.79 Å². The van der Waals surface area contributed by atoms with Crippen LogP contribution in [0.5, 0.6) is 5.75 Å². The average molecular weight is 568 g/mol. The lowest BCUT2D eigenvalue weighted by atomic mass is 9.85. The second-order valence-electron chi connectivity index (χ2n) is 11.0. The molecule has 212 valence electrons. The number of nitrogens with one attached hydrogen (secondary N) is 2. The van der Waals surface area contributed by atoms with Crippen LogP contribution in [0.1, 0.15) is 65.4 Å². The van der Waals surface area contributed by atoms with E-state index in [0.29, 0.717) is 5.92 Å². The van der Waals surface area contributed by atoms with Gasteiger partial charge in [0.1, 0.15) is 29.3 Å². The Morgan fingerprint density at radius 3 is 2.39 bits per heavy atom. The number of amides is 3. The van der Waals surface area contributed by atoms with Crippen LogP contribution in [0.3, 0.4) is 0 Å². The fraction of sp³-hybridized carbons (Fsp3) is 0.667. The summed E-state index contributed by atoms with van der Waals surface area (Å²) < 4.78 is 25.8. The highest BCUT2D eigenvalue weighted by molar-refractivity contribution is 7.98. The van der Waals surface area contributed by atoms with Gasteiger partial charge in [0, 0.05) is 16.0 Å². The van der Waals surface area contributed by atoms with Gasteiger partial charge in [0.25, 0.3) is 5.91 Å². The number of benzene rings is 1. The monoisotopic (exact) mass is 567 g/mol. The zero-order valence-corrected chi connectivity index (χ0v) is 24.6. The summed E-state index contributed by atoms with van der Waals surface area (Å²) in [5.74, 6) is 0.414. The molecule has 3 amide bonds. The Morgan fingerprint density at radius 1 is 1.13 bits per heavy atom. The fourth-order valence-electron chi connectivity index (χ4n) is 4.68. The highest BCUT2D eigenvalue weighted by Gasteiger charge is 2.41. The van der Waals surface area contributed by atoms with E-state index in [1.807, 2.05) is 12.1 Å². The van der Waals surface area contributed by atoms with Crippen LogP contribution in [-0.4, -0.2) is 68.7 Å². The molecule has 1 aliphatic carbocycles. The third-order valence-electron chi connectivity index (χ3n) is 6.77. The minimum atomic E-state index is -1.36. The van der Waals surface area contributed by atoms with Crippen molar-refractivity contribution in [2.75, 3.05) is 18.7 Å². The number of hydrogen-bond donors (Lipinski definition) is 2. The number of ether oxygens (including phenoxy) is 2. The van der Waals surface area contributed by atoms with E-state index in [0.717, 1.165) is 25.0 Å². The zero-order valence-electron chi connectivity index (χ0n) is 23.0. The summed E-state index contributed by atoms with van der Waals surface area (Å²) in [4.78, 5) is 39.7. The van der Waals surface area contributed by atoms with E-state index in [4.69, 9.17) is 9.47 Å². The smallest absolute Gasteiger partial charge is 0.411 e. The lowest BCUT2D eigenvalue weighted by Crippen LogP contribution is -2.53. The van der Waals surface area contributed by atoms with E-state index in [2.05, 4.69) is 22.2 Å². The number of methoxy groups -OCH3 is 1. The van der Waals surface area contributed by atoms with Gasteiger partial charge < -0.3 is 14.8 Å². The summed E-state index contributed by atoms with van der Waals surface area (Å²) in [6.07, 6.45) is 6.04. The average Bonchev–Trinajstić information content (AvgIpc) is 3.28. The van der Waals surface area contributed by atoms with Crippen molar-refractivity contribution >= 4 is 40.7 Å². The third kappa shape index (κ3) is 8.90. The van der Waals surface area contributed by atoms with Crippen molar-refractivity contribution in [1.82, 2.24) is 14.9 Å². The molecule has 0 aromatic heterocycles. The van der Waals surface area contributed by atoms with Crippen LogP contribution in [0.15, 0.2) is 24.3 Å². The molecule has 1 aromatic carbocycles. The summed E-state index contributed by atoms with van der Waals surface area (Å²) in [5, 5.41) is 2.90. The van der Waals surface area contributed by atoms with Crippen LogP contribution in [0.25, 0.3) is 0 Å². The highest BCUT2D eigenvalue weighted by Crippen LogP contribution is 2.34. The Balaban J connectivity index is 1.58. The van der Waals surface area contributed by atoms with E-state index in [-0.39, 0.29) is 22.8 Å². The van der Waals surface area contributed by atoms with E-state index in [1.54, 1.807) is 34.8 Å². The molecule has 1 aromatic rings. The van der Waals surface area contributed by atoms with Gasteiger partial charge in [-0.15, -0.1) is 0 Å². The first kappa shape index (κ1) is 30.3. The second-order valence-corrected chi connectivity index (χ2v) is 13.5. The van der Waals surface area contributed by atoms with Gasteiger partial charge in [-0.3, -0.25) is 23.4 Å². The minimum absolute atomic E-state index is 0.0137. The first-order chi connectivity index (χ1) is 18.0. The molecule has 3 rings (SSSR count). The van der Waals surface area contributed by atoms with Gasteiger partial charge in [0.2, 0.25) is 5.91 Å². The number of rotatable bonds is 9. The van der Waals surface area contributed by atoms with Crippen LogP contribution in [-0.2, 0) is 31.5 Å². The number of carbonyl (C=O) groups excluding carboxylic acids is 3. The first-order valence-corrected chi connectivity index (χ1v) is 15.6. The van der Waals surface area contributed by atoms with Gasteiger partial charge in [-0.1, -0.05) is 31.4 Å². The van der Waals surface area contributed by atoms with E-state index >= 15 is 0 Å². The first-order valence-electron chi connectivity index (χ1n) is 13.2. The summed E-state index contributed by atoms with van der Waals surface area (Å²) in [6.45, 7) is 6.79. The largest absolute Gasteiger partial charge is 0.497 e. The predicted octanol–water partition coefficient (Wildman–Crippen LogP) is 3.78. The van der Waals surface area contributed by atoms with Gasteiger partial charge in [-0.25, -0.2) is 4.79 Å². The van der Waals surface area contributed by atoms with Crippen molar-refractivity contribution in [3.63, 3.8) is 0 Å². The number of nitrogens with zero attached hydrogens (tertiary/aromatic N) is 1. The molecular weight excluding hydrogens is 526 g/mol. The van der Waals surface area contributed by atoms with Gasteiger partial charge in [0.15, 0.2) is 0 Å². The summed E-state index contributed by atoms with van der Waals surface area (Å²) in [6, 6.07) is 6.25. The van der Waals surface area contributed by atoms with Crippen molar-refractivity contribution in [1.29, 1.82) is 0 Å². The molecule has 2 N–H and O–H groups in total. The van der Waals surface area contributed by atoms with Gasteiger partial charge in [-0.2, -0.15) is 0 Å². The standard InChI is InChI=1S/C27H41N3O6S2/c1-18(28-25(32)22-16-38(34)17-30(22)26(33)36-27(2,3)4)24(31)29-37-23(20-9-7-6-8-10-20)15-19-11-13-21(35-5)14-12-19/h11-14,18,20,22-23H,6-10,15-17H2,1-5H3,(H,28,32)(H,29,31)/t18-,22+,23?,38?/m1/s1. The fourth-order valence-corrected chi connectivity index (χ4v) is 7.25. The summed E-state index contributed by atoms with van der Waals surface area (Å²) >= 11 is 1.43. The molecule has 2 aliphatic rings. The quantitative estimate of drug-likeness (QED) is 0.437. The molecule has 0 radical (unpaired) electrons. The Hall–Kier alpha value is -2.27. The normalized spacial score (nSPS) is 21.9. The molecule has 11 heteroatoms. The minimum Gasteiger partial charge on any atom is -0.497 e. The molecule has 9 nitrogen and oxygen atoms in total. The summed E-state index contributed by atoms with van der Waals surface area (Å²) in [7, 11) is 0.284. The Morgan fingerprint density at radius 2 is 1.79 bits per heavy atom. The predicted molar refractivity (Wildman–Crippen MR) is 150 cm³/mol. The van der Waals surface area contributed by atoms with Crippen LogP contribution in [0.2, 0.25) is 0 Å². The molecular formula is C27H41N3O6S2. The van der Waals surface area contributed by atoms with Gasteiger partial charge in [0.05, 0.1) is 12.9 Å².